The third kappa shape index (κ3) is 3.56. The van der Waals surface area contributed by atoms with Crippen molar-refractivity contribution in [3.8, 4) is 12.3 Å². The molecule has 0 spiro atoms. The minimum Gasteiger partial charge on any atom is -0.294 e. The zero-order chi connectivity index (χ0) is 16.3. The summed E-state index contributed by atoms with van der Waals surface area (Å²) in [5.41, 5.74) is 0.665. The van der Waals surface area contributed by atoms with Gasteiger partial charge in [0.05, 0.1) is 5.56 Å². The standard InChI is InChI=1S/C18H13F3O/c1-3-13-5-4-6-14(9-13)10-17(22)15-8-7-12(2)16(11-15)18(19,20)21/h1,4-9,11H,10H2,2H3. The van der Waals surface area contributed by atoms with Crippen LogP contribution >= 0.6 is 0 Å². The second-order valence-electron chi connectivity index (χ2n) is 4.97. The number of carbonyl (C=O) groups excluding carboxylic acids is 1. The van der Waals surface area contributed by atoms with Crippen LogP contribution in [-0.2, 0) is 12.6 Å². The Labute approximate surface area is 126 Å². The van der Waals surface area contributed by atoms with Crippen molar-refractivity contribution in [1.29, 1.82) is 0 Å². The van der Waals surface area contributed by atoms with E-state index < -0.39 is 11.7 Å². The van der Waals surface area contributed by atoms with Gasteiger partial charge in [-0.2, -0.15) is 13.2 Å². The largest absolute Gasteiger partial charge is 0.416 e. The highest BCUT2D eigenvalue weighted by Crippen LogP contribution is 2.32. The van der Waals surface area contributed by atoms with E-state index in [9.17, 15) is 18.0 Å². The molecule has 0 amide bonds. The maximum absolute atomic E-state index is 12.9. The predicted octanol–water partition coefficient (Wildman–Crippen LogP) is 4.42. The normalized spacial score (nSPS) is 11.0. The molecule has 4 heteroatoms. The van der Waals surface area contributed by atoms with Gasteiger partial charge < -0.3 is 0 Å². The van der Waals surface area contributed by atoms with Gasteiger partial charge in [0.2, 0.25) is 0 Å². The molecule has 0 aliphatic rings. The van der Waals surface area contributed by atoms with Gasteiger partial charge in [0.1, 0.15) is 0 Å². The number of hydrogen-bond donors (Lipinski definition) is 0. The molecule has 0 aliphatic carbocycles. The summed E-state index contributed by atoms with van der Waals surface area (Å²) in [7, 11) is 0. The van der Waals surface area contributed by atoms with Gasteiger partial charge in [-0.3, -0.25) is 4.79 Å². The summed E-state index contributed by atoms with van der Waals surface area (Å²) >= 11 is 0. The van der Waals surface area contributed by atoms with Gasteiger partial charge in [0.15, 0.2) is 5.78 Å². The second kappa shape index (κ2) is 6.07. The molecule has 2 aromatic carbocycles. The van der Waals surface area contributed by atoms with Gasteiger partial charge in [-0.25, -0.2) is 0 Å². The molecule has 0 saturated carbocycles. The summed E-state index contributed by atoms with van der Waals surface area (Å²) in [6.45, 7) is 1.37. The first-order chi connectivity index (χ1) is 10.3. The number of terminal acetylenes is 1. The van der Waals surface area contributed by atoms with Crippen LogP contribution in [0.15, 0.2) is 42.5 Å². The van der Waals surface area contributed by atoms with Gasteiger partial charge >= 0.3 is 6.18 Å². The lowest BCUT2D eigenvalue weighted by molar-refractivity contribution is -0.138. The molecule has 0 fully saturated rings. The fourth-order valence-corrected chi connectivity index (χ4v) is 2.16. The minimum absolute atomic E-state index is 0.00980. The quantitative estimate of drug-likeness (QED) is 0.606. The van der Waals surface area contributed by atoms with Crippen LogP contribution < -0.4 is 0 Å². The molecule has 0 aromatic heterocycles. The maximum atomic E-state index is 12.9. The first-order valence-electron chi connectivity index (χ1n) is 6.58. The van der Waals surface area contributed by atoms with Crippen LogP contribution in [-0.4, -0.2) is 5.78 Å². The highest BCUT2D eigenvalue weighted by molar-refractivity contribution is 5.97. The highest BCUT2D eigenvalue weighted by Gasteiger charge is 2.32. The van der Waals surface area contributed by atoms with Crippen molar-refractivity contribution in [2.24, 2.45) is 0 Å². The van der Waals surface area contributed by atoms with Crippen molar-refractivity contribution >= 4 is 5.78 Å². The SMILES string of the molecule is C#Cc1cccc(CC(=O)c2ccc(C)c(C(F)(F)F)c2)c1. The number of benzene rings is 2. The van der Waals surface area contributed by atoms with Crippen molar-refractivity contribution < 1.29 is 18.0 Å². The molecule has 0 atom stereocenters. The van der Waals surface area contributed by atoms with Gasteiger partial charge in [0.25, 0.3) is 0 Å². The maximum Gasteiger partial charge on any atom is 0.416 e. The molecule has 0 bridgehead atoms. The first-order valence-corrected chi connectivity index (χ1v) is 6.58. The number of alkyl halides is 3. The molecule has 0 unspecified atom stereocenters. The molecular formula is C18H13F3O. The number of hydrogen-bond acceptors (Lipinski definition) is 1. The second-order valence-corrected chi connectivity index (χ2v) is 4.97. The summed E-state index contributed by atoms with van der Waals surface area (Å²) < 4.78 is 38.7. The number of halogens is 3. The zero-order valence-electron chi connectivity index (χ0n) is 11.9. The Morgan fingerprint density at radius 3 is 2.55 bits per heavy atom. The van der Waals surface area contributed by atoms with Gasteiger partial charge in [-0.1, -0.05) is 30.2 Å². The Kier molecular flexibility index (Phi) is 4.37. The van der Waals surface area contributed by atoms with Crippen molar-refractivity contribution in [3.05, 3.63) is 70.3 Å². The number of rotatable bonds is 3. The molecule has 112 valence electrons. The molecule has 0 aliphatic heterocycles. The number of Topliss-reactive ketones (excluding diaryl/α,β-unsaturated/α-hetero) is 1. The summed E-state index contributed by atoms with van der Waals surface area (Å²) in [5.74, 6) is 2.08. The molecule has 1 nitrogen and oxygen atoms in total. The van der Waals surface area contributed by atoms with Crippen LogP contribution in [0.4, 0.5) is 13.2 Å². The minimum atomic E-state index is -4.47. The number of ketones is 1. The Morgan fingerprint density at radius 2 is 1.91 bits per heavy atom. The lowest BCUT2D eigenvalue weighted by Gasteiger charge is -2.11. The molecule has 2 rings (SSSR count). The Balaban J connectivity index is 2.28. The first kappa shape index (κ1) is 15.8. The van der Waals surface area contributed by atoms with Crippen LogP contribution in [0.25, 0.3) is 0 Å². The smallest absolute Gasteiger partial charge is 0.294 e. The van der Waals surface area contributed by atoms with Crippen LogP contribution in [0.5, 0.6) is 0 Å². The Morgan fingerprint density at radius 1 is 1.18 bits per heavy atom. The van der Waals surface area contributed by atoms with E-state index in [2.05, 4.69) is 5.92 Å². The predicted molar refractivity (Wildman–Crippen MR) is 78.6 cm³/mol. The summed E-state index contributed by atoms with van der Waals surface area (Å²) in [6.07, 6.45) is 0.826. The molecule has 0 heterocycles. The average molecular weight is 302 g/mol. The summed E-state index contributed by atoms with van der Waals surface area (Å²) in [6, 6.07) is 10.5. The van der Waals surface area contributed by atoms with Crippen molar-refractivity contribution in [1.82, 2.24) is 0 Å². The third-order valence-corrected chi connectivity index (χ3v) is 3.32. The van der Waals surface area contributed by atoms with E-state index >= 15 is 0 Å². The molecule has 0 radical (unpaired) electrons. The van der Waals surface area contributed by atoms with Crippen molar-refractivity contribution in [2.45, 2.75) is 19.5 Å². The van der Waals surface area contributed by atoms with Crippen molar-refractivity contribution in [3.63, 3.8) is 0 Å². The Bertz CT molecular complexity index is 752. The third-order valence-electron chi connectivity index (χ3n) is 3.32. The van der Waals surface area contributed by atoms with E-state index in [1.165, 1.54) is 19.1 Å². The van der Waals surface area contributed by atoms with E-state index in [1.807, 2.05) is 0 Å². The molecule has 22 heavy (non-hydrogen) atoms. The van der Waals surface area contributed by atoms with E-state index in [-0.39, 0.29) is 23.3 Å². The Hall–Kier alpha value is -2.54. The molecular weight excluding hydrogens is 289 g/mol. The molecule has 0 N–H and O–H groups in total. The van der Waals surface area contributed by atoms with Crippen LogP contribution in [0.2, 0.25) is 0 Å². The van der Waals surface area contributed by atoms with Crippen molar-refractivity contribution in [2.75, 3.05) is 0 Å². The molecule has 2 aromatic rings. The van der Waals surface area contributed by atoms with Gasteiger partial charge in [-0.15, -0.1) is 6.42 Å². The lowest BCUT2D eigenvalue weighted by atomic mass is 9.98. The zero-order valence-corrected chi connectivity index (χ0v) is 11.9. The fraction of sp³-hybridized carbons (Fsp3) is 0.167. The topological polar surface area (TPSA) is 17.1 Å². The van der Waals surface area contributed by atoms with E-state index in [0.29, 0.717) is 11.1 Å². The van der Waals surface area contributed by atoms with Crippen LogP contribution in [0, 0.1) is 19.3 Å². The average Bonchev–Trinajstić information content (AvgIpc) is 2.46. The summed E-state index contributed by atoms with van der Waals surface area (Å²) in [4.78, 5) is 12.2. The number of carbonyl (C=O) groups is 1. The lowest BCUT2D eigenvalue weighted by Crippen LogP contribution is -2.11. The monoisotopic (exact) mass is 302 g/mol. The highest BCUT2D eigenvalue weighted by atomic mass is 19.4. The van der Waals surface area contributed by atoms with Gasteiger partial charge in [-0.05, 0) is 36.2 Å². The van der Waals surface area contributed by atoms with E-state index in [4.69, 9.17) is 6.42 Å². The van der Waals surface area contributed by atoms with Crippen LogP contribution in [0.3, 0.4) is 0 Å². The number of aryl methyl sites for hydroxylation is 1. The fourth-order valence-electron chi connectivity index (χ4n) is 2.16. The van der Waals surface area contributed by atoms with E-state index in [0.717, 1.165) is 6.07 Å². The van der Waals surface area contributed by atoms with Crippen LogP contribution in [0.1, 0.15) is 32.6 Å². The molecule has 0 saturated heterocycles. The van der Waals surface area contributed by atoms with Gasteiger partial charge in [0, 0.05) is 17.5 Å². The summed E-state index contributed by atoms with van der Waals surface area (Å²) in [5, 5.41) is 0. The van der Waals surface area contributed by atoms with E-state index in [1.54, 1.807) is 24.3 Å².